The topological polar surface area (TPSA) is 94.8 Å². The minimum atomic E-state index is -0.585. The standard InChI is InChI=1S/C12H16N6O2/c1-7(2)8-9(13-3)14-5-15-11(8)18-6-16-10(17-18)12(19)20-4/h5-7H,1-4H3,(H,13,14,15). The van der Waals surface area contributed by atoms with Crippen LogP contribution in [0.1, 0.15) is 35.9 Å². The highest BCUT2D eigenvalue weighted by Gasteiger charge is 2.18. The molecule has 106 valence electrons. The van der Waals surface area contributed by atoms with E-state index in [0.29, 0.717) is 5.82 Å². The molecule has 0 unspecified atom stereocenters. The molecule has 0 radical (unpaired) electrons. The average Bonchev–Trinajstić information content (AvgIpc) is 2.95. The number of ether oxygens (including phenoxy) is 1. The van der Waals surface area contributed by atoms with E-state index in [2.05, 4.69) is 30.1 Å². The van der Waals surface area contributed by atoms with Crippen LogP contribution < -0.4 is 5.32 Å². The fraction of sp³-hybridized carbons (Fsp3) is 0.417. The second-order valence-electron chi connectivity index (χ2n) is 4.37. The normalized spacial score (nSPS) is 10.7. The molecule has 0 saturated heterocycles. The van der Waals surface area contributed by atoms with Gasteiger partial charge in [-0.15, -0.1) is 5.10 Å². The van der Waals surface area contributed by atoms with Crippen molar-refractivity contribution in [3.8, 4) is 5.82 Å². The maximum Gasteiger partial charge on any atom is 0.377 e. The van der Waals surface area contributed by atoms with Gasteiger partial charge in [0, 0.05) is 12.6 Å². The Labute approximate surface area is 116 Å². The van der Waals surface area contributed by atoms with Gasteiger partial charge in [-0.25, -0.2) is 24.4 Å². The van der Waals surface area contributed by atoms with Crippen molar-refractivity contribution < 1.29 is 9.53 Å². The molecule has 0 aliphatic carbocycles. The molecule has 0 aliphatic rings. The number of anilines is 1. The molecule has 1 N–H and O–H groups in total. The van der Waals surface area contributed by atoms with Gasteiger partial charge in [0.25, 0.3) is 5.82 Å². The molecule has 8 nitrogen and oxygen atoms in total. The number of carbonyl (C=O) groups excluding carboxylic acids is 1. The zero-order valence-corrected chi connectivity index (χ0v) is 11.8. The molecule has 0 amide bonds. The van der Waals surface area contributed by atoms with Gasteiger partial charge >= 0.3 is 5.97 Å². The van der Waals surface area contributed by atoms with E-state index in [4.69, 9.17) is 0 Å². The largest absolute Gasteiger partial charge is 0.463 e. The zero-order valence-electron chi connectivity index (χ0n) is 11.8. The Hall–Kier alpha value is -2.51. The number of hydrogen-bond donors (Lipinski definition) is 1. The maximum atomic E-state index is 11.4. The lowest BCUT2D eigenvalue weighted by Gasteiger charge is -2.14. The van der Waals surface area contributed by atoms with Crippen molar-refractivity contribution in [3.63, 3.8) is 0 Å². The Bertz CT molecular complexity index is 622. The Balaban J connectivity index is 2.52. The third kappa shape index (κ3) is 2.44. The third-order valence-corrected chi connectivity index (χ3v) is 2.75. The van der Waals surface area contributed by atoms with Crippen LogP contribution in [0.15, 0.2) is 12.7 Å². The van der Waals surface area contributed by atoms with Crippen LogP contribution in [0.25, 0.3) is 5.82 Å². The molecule has 2 aromatic heterocycles. The van der Waals surface area contributed by atoms with Gasteiger partial charge in [0.05, 0.1) is 7.11 Å². The second kappa shape index (κ2) is 5.64. The van der Waals surface area contributed by atoms with Crippen LogP contribution in [0.4, 0.5) is 5.82 Å². The lowest BCUT2D eigenvalue weighted by Crippen LogP contribution is -2.11. The van der Waals surface area contributed by atoms with Crippen molar-refractivity contribution in [3.05, 3.63) is 24.0 Å². The summed E-state index contributed by atoms with van der Waals surface area (Å²) >= 11 is 0. The molecular formula is C12H16N6O2. The minimum absolute atomic E-state index is 0.00757. The number of nitrogens with zero attached hydrogens (tertiary/aromatic N) is 5. The van der Waals surface area contributed by atoms with Crippen LogP contribution in [0.2, 0.25) is 0 Å². The van der Waals surface area contributed by atoms with Crippen molar-refractivity contribution in [2.24, 2.45) is 0 Å². The summed E-state index contributed by atoms with van der Waals surface area (Å²) in [4.78, 5) is 23.7. The van der Waals surface area contributed by atoms with Crippen molar-refractivity contribution in [2.45, 2.75) is 19.8 Å². The van der Waals surface area contributed by atoms with Gasteiger partial charge in [-0.1, -0.05) is 13.8 Å². The van der Waals surface area contributed by atoms with Crippen LogP contribution in [0, 0.1) is 0 Å². The van der Waals surface area contributed by atoms with Crippen molar-refractivity contribution in [1.82, 2.24) is 24.7 Å². The van der Waals surface area contributed by atoms with Gasteiger partial charge in [-0.05, 0) is 5.92 Å². The second-order valence-corrected chi connectivity index (χ2v) is 4.37. The summed E-state index contributed by atoms with van der Waals surface area (Å²) in [6.07, 6.45) is 2.87. The number of hydrogen-bond acceptors (Lipinski definition) is 7. The summed E-state index contributed by atoms with van der Waals surface area (Å²) in [5.41, 5.74) is 0.899. The highest BCUT2D eigenvalue weighted by molar-refractivity contribution is 5.84. The molecule has 2 heterocycles. The number of rotatable bonds is 4. The first-order valence-electron chi connectivity index (χ1n) is 6.11. The summed E-state index contributed by atoms with van der Waals surface area (Å²) in [6.45, 7) is 4.06. The number of methoxy groups -OCH3 is 1. The van der Waals surface area contributed by atoms with E-state index in [1.807, 2.05) is 13.8 Å². The Morgan fingerprint density at radius 1 is 1.35 bits per heavy atom. The average molecular weight is 276 g/mol. The molecule has 2 aromatic rings. The zero-order chi connectivity index (χ0) is 14.7. The van der Waals surface area contributed by atoms with Crippen molar-refractivity contribution in [1.29, 1.82) is 0 Å². The van der Waals surface area contributed by atoms with Gasteiger partial charge in [-0.3, -0.25) is 0 Å². The van der Waals surface area contributed by atoms with Crippen LogP contribution in [0.3, 0.4) is 0 Å². The highest BCUT2D eigenvalue weighted by atomic mass is 16.5. The molecular weight excluding hydrogens is 260 g/mol. The van der Waals surface area contributed by atoms with Gasteiger partial charge in [0.2, 0.25) is 0 Å². The molecule has 2 rings (SSSR count). The van der Waals surface area contributed by atoms with Crippen LogP contribution in [0.5, 0.6) is 0 Å². The number of carbonyl (C=O) groups is 1. The maximum absolute atomic E-state index is 11.4. The molecule has 8 heteroatoms. The summed E-state index contributed by atoms with van der Waals surface area (Å²) in [7, 11) is 3.07. The van der Waals surface area contributed by atoms with E-state index >= 15 is 0 Å². The summed E-state index contributed by atoms with van der Waals surface area (Å²) in [5, 5.41) is 7.11. The first kappa shape index (κ1) is 13.9. The lowest BCUT2D eigenvalue weighted by molar-refractivity contribution is 0.0587. The van der Waals surface area contributed by atoms with E-state index in [0.717, 1.165) is 11.4 Å². The number of esters is 1. The van der Waals surface area contributed by atoms with E-state index in [-0.39, 0.29) is 11.7 Å². The van der Waals surface area contributed by atoms with Crippen LogP contribution in [-0.4, -0.2) is 44.9 Å². The minimum Gasteiger partial charge on any atom is -0.463 e. The van der Waals surface area contributed by atoms with Crippen molar-refractivity contribution in [2.75, 3.05) is 19.5 Å². The molecule has 0 fully saturated rings. The van der Waals surface area contributed by atoms with Crippen LogP contribution in [-0.2, 0) is 4.74 Å². The number of nitrogens with one attached hydrogen (secondary N) is 1. The first-order chi connectivity index (χ1) is 9.58. The molecule has 20 heavy (non-hydrogen) atoms. The lowest BCUT2D eigenvalue weighted by atomic mass is 10.0. The van der Waals surface area contributed by atoms with E-state index in [1.165, 1.54) is 24.4 Å². The molecule has 0 aromatic carbocycles. The van der Waals surface area contributed by atoms with E-state index in [9.17, 15) is 4.79 Å². The fourth-order valence-corrected chi connectivity index (χ4v) is 1.85. The first-order valence-corrected chi connectivity index (χ1v) is 6.11. The Morgan fingerprint density at radius 2 is 2.10 bits per heavy atom. The molecule has 0 spiro atoms. The summed E-state index contributed by atoms with van der Waals surface area (Å²) < 4.78 is 6.03. The van der Waals surface area contributed by atoms with E-state index < -0.39 is 5.97 Å². The fourth-order valence-electron chi connectivity index (χ4n) is 1.85. The molecule has 0 bridgehead atoms. The SMILES string of the molecule is CNc1ncnc(-n2cnc(C(=O)OC)n2)c1C(C)C. The predicted molar refractivity (Wildman–Crippen MR) is 71.9 cm³/mol. The smallest absolute Gasteiger partial charge is 0.377 e. The van der Waals surface area contributed by atoms with Gasteiger partial charge < -0.3 is 10.1 Å². The van der Waals surface area contributed by atoms with Gasteiger partial charge in [0.15, 0.2) is 5.82 Å². The summed E-state index contributed by atoms with van der Waals surface area (Å²) in [5.74, 6) is 0.895. The quantitative estimate of drug-likeness (QED) is 0.832. The Morgan fingerprint density at radius 3 is 2.70 bits per heavy atom. The van der Waals surface area contributed by atoms with Crippen LogP contribution >= 0.6 is 0 Å². The Kier molecular flexibility index (Phi) is 3.92. The highest BCUT2D eigenvalue weighted by Crippen LogP contribution is 2.26. The van der Waals surface area contributed by atoms with Gasteiger partial charge in [0.1, 0.15) is 18.5 Å². The number of aromatic nitrogens is 5. The monoisotopic (exact) mass is 276 g/mol. The molecule has 0 aliphatic heterocycles. The summed E-state index contributed by atoms with van der Waals surface area (Å²) in [6, 6.07) is 0. The predicted octanol–water partition coefficient (Wildman–Crippen LogP) is 1.01. The third-order valence-electron chi connectivity index (χ3n) is 2.75. The van der Waals surface area contributed by atoms with Crippen molar-refractivity contribution >= 4 is 11.8 Å². The molecule has 0 atom stereocenters. The van der Waals surface area contributed by atoms with Gasteiger partial charge in [-0.2, -0.15) is 0 Å². The molecule has 0 saturated carbocycles. The van der Waals surface area contributed by atoms with E-state index in [1.54, 1.807) is 7.05 Å².